The van der Waals surface area contributed by atoms with Crippen LogP contribution in [0, 0.1) is 17.3 Å². The van der Waals surface area contributed by atoms with Gasteiger partial charge in [0, 0.05) is 5.92 Å². The summed E-state index contributed by atoms with van der Waals surface area (Å²) >= 11 is 0. The summed E-state index contributed by atoms with van der Waals surface area (Å²) in [5.74, 6) is -2.44. The van der Waals surface area contributed by atoms with Gasteiger partial charge in [-0.2, -0.15) is 0 Å². The molecule has 0 saturated carbocycles. The number of rotatable bonds is 7. The largest absolute Gasteiger partial charge is 0.468 e. The van der Waals surface area contributed by atoms with Crippen molar-refractivity contribution in [2.45, 2.75) is 40.5 Å². The molecule has 0 N–H and O–H groups in total. The highest BCUT2D eigenvalue weighted by Gasteiger charge is 2.31. The molecule has 5 nitrogen and oxygen atoms in total. The molecule has 0 aromatic heterocycles. The van der Waals surface area contributed by atoms with Crippen molar-refractivity contribution in [1.82, 2.24) is 0 Å². The zero-order valence-electron chi connectivity index (χ0n) is 17.1. The molecule has 0 fully saturated rings. The van der Waals surface area contributed by atoms with E-state index in [4.69, 9.17) is 0 Å². The first-order valence-electron chi connectivity index (χ1n) is 9.03. The molecule has 0 aromatic rings. The van der Waals surface area contributed by atoms with Gasteiger partial charge in [0.05, 0.1) is 14.2 Å². The van der Waals surface area contributed by atoms with E-state index in [1.165, 1.54) is 31.9 Å². The van der Waals surface area contributed by atoms with Crippen LogP contribution in [0.1, 0.15) is 40.5 Å². The van der Waals surface area contributed by atoms with E-state index >= 15 is 0 Å². The summed E-state index contributed by atoms with van der Waals surface area (Å²) in [6, 6.07) is 0. The van der Waals surface area contributed by atoms with Gasteiger partial charge in [-0.1, -0.05) is 43.7 Å². The highest BCUT2D eigenvalue weighted by molar-refractivity contribution is 6.00. The van der Waals surface area contributed by atoms with Crippen LogP contribution < -0.4 is 0 Å². The molecule has 1 aliphatic carbocycles. The molecular weight excluding hydrogens is 344 g/mol. The van der Waals surface area contributed by atoms with Crippen LogP contribution in [0.4, 0.5) is 0 Å². The Hall–Kier alpha value is -2.43. The van der Waals surface area contributed by atoms with Crippen molar-refractivity contribution >= 4 is 17.7 Å². The number of esters is 2. The maximum Gasteiger partial charge on any atom is 0.324 e. The number of hydrogen-bond acceptors (Lipinski definition) is 5. The number of methoxy groups -OCH3 is 2. The predicted molar refractivity (Wildman–Crippen MR) is 105 cm³/mol. The third kappa shape index (κ3) is 6.35. The molecule has 148 valence electrons. The molecule has 0 spiro atoms. The lowest BCUT2D eigenvalue weighted by Crippen LogP contribution is -2.27. The number of carbonyl (C=O) groups is 3. The Kier molecular flexibility index (Phi) is 8.41. The Morgan fingerprint density at radius 3 is 2.26 bits per heavy atom. The average Bonchev–Trinajstić information content (AvgIpc) is 2.60. The van der Waals surface area contributed by atoms with Crippen LogP contribution >= 0.6 is 0 Å². The predicted octanol–water partition coefficient (Wildman–Crippen LogP) is 3.96. The van der Waals surface area contributed by atoms with Crippen LogP contribution in [0.25, 0.3) is 0 Å². The lowest BCUT2D eigenvalue weighted by Gasteiger charge is -2.36. The lowest BCUT2D eigenvalue weighted by molar-refractivity contribution is -0.156. The van der Waals surface area contributed by atoms with E-state index in [1.807, 2.05) is 6.08 Å². The zero-order chi connectivity index (χ0) is 20.6. The van der Waals surface area contributed by atoms with Crippen molar-refractivity contribution in [3.63, 3.8) is 0 Å². The maximum atomic E-state index is 12.1. The number of allylic oxidation sites excluding steroid dienone is 7. The van der Waals surface area contributed by atoms with Gasteiger partial charge in [-0.15, -0.1) is 0 Å². The van der Waals surface area contributed by atoms with Gasteiger partial charge in [-0.25, -0.2) is 0 Å². The molecule has 0 bridgehead atoms. The highest BCUT2D eigenvalue weighted by atomic mass is 16.5. The van der Waals surface area contributed by atoms with Crippen LogP contribution in [-0.2, 0) is 23.9 Å². The van der Waals surface area contributed by atoms with E-state index in [1.54, 1.807) is 19.1 Å². The third-order valence-corrected chi connectivity index (χ3v) is 4.99. The molecule has 0 amide bonds. The molecule has 1 atom stereocenters. The SMILES string of the molecule is COC(=O)C(C(=O)OC)/C(C)=C/C=C/C(=O)/C=C/C1C(C)=CCCC1(C)C. The first kappa shape index (κ1) is 22.6. The van der Waals surface area contributed by atoms with Crippen molar-refractivity contribution in [2.75, 3.05) is 14.2 Å². The molecule has 27 heavy (non-hydrogen) atoms. The molecule has 0 heterocycles. The van der Waals surface area contributed by atoms with Gasteiger partial charge in [-0.3, -0.25) is 14.4 Å². The summed E-state index contributed by atoms with van der Waals surface area (Å²) in [6.45, 7) is 8.14. The Labute approximate surface area is 161 Å². The molecule has 1 aliphatic rings. The minimum Gasteiger partial charge on any atom is -0.468 e. The van der Waals surface area contributed by atoms with Crippen molar-refractivity contribution in [1.29, 1.82) is 0 Å². The van der Waals surface area contributed by atoms with Crippen LogP contribution in [-0.4, -0.2) is 31.9 Å². The number of ketones is 1. The van der Waals surface area contributed by atoms with Crippen LogP contribution in [0.15, 0.2) is 47.6 Å². The van der Waals surface area contributed by atoms with Gasteiger partial charge in [0.1, 0.15) is 0 Å². The fourth-order valence-electron chi connectivity index (χ4n) is 3.32. The molecule has 0 aromatic carbocycles. The van der Waals surface area contributed by atoms with Gasteiger partial charge < -0.3 is 9.47 Å². The van der Waals surface area contributed by atoms with Crippen molar-refractivity contribution in [3.05, 3.63) is 47.6 Å². The lowest BCUT2D eigenvalue weighted by atomic mass is 9.68. The summed E-state index contributed by atoms with van der Waals surface area (Å²) in [4.78, 5) is 35.6. The third-order valence-electron chi connectivity index (χ3n) is 4.99. The summed E-state index contributed by atoms with van der Waals surface area (Å²) in [7, 11) is 2.41. The molecule has 0 radical (unpaired) electrons. The van der Waals surface area contributed by atoms with Crippen LogP contribution in [0.5, 0.6) is 0 Å². The second-order valence-electron chi connectivity index (χ2n) is 7.46. The highest BCUT2D eigenvalue weighted by Crippen LogP contribution is 2.41. The fraction of sp³-hybridized carbons (Fsp3) is 0.500. The standard InChI is InChI=1S/C22H30O5/c1-15-10-8-14-22(3,4)18(15)13-12-17(23)11-7-9-16(2)19(20(24)26-5)21(25)27-6/h7,9-13,18-19H,8,14H2,1-6H3/b11-7+,13-12+,16-9+. The number of ether oxygens (including phenoxy) is 2. The van der Waals surface area contributed by atoms with E-state index < -0.39 is 17.9 Å². The first-order valence-corrected chi connectivity index (χ1v) is 9.03. The van der Waals surface area contributed by atoms with E-state index in [0.29, 0.717) is 5.57 Å². The molecule has 0 aliphatic heterocycles. The molecular formula is C22H30O5. The maximum absolute atomic E-state index is 12.1. The molecule has 1 unspecified atom stereocenters. The summed E-state index contributed by atoms with van der Waals surface area (Å²) < 4.78 is 9.26. The first-order chi connectivity index (χ1) is 12.6. The van der Waals surface area contributed by atoms with Crippen molar-refractivity contribution in [2.24, 2.45) is 17.3 Å². The molecule has 5 heteroatoms. The zero-order valence-corrected chi connectivity index (χ0v) is 17.1. The van der Waals surface area contributed by atoms with Crippen molar-refractivity contribution in [3.8, 4) is 0 Å². The summed E-state index contributed by atoms with van der Waals surface area (Å²) in [5, 5.41) is 0. The van der Waals surface area contributed by atoms with Gasteiger partial charge >= 0.3 is 11.9 Å². The van der Waals surface area contributed by atoms with E-state index in [9.17, 15) is 14.4 Å². The van der Waals surface area contributed by atoms with E-state index in [2.05, 4.69) is 36.3 Å². The van der Waals surface area contributed by atoms with Gasteiger partial charge in [0.2, 0.25) is 0 Å². The van der Waals surface area contributed by atoms with Crippen molar-refractivity contribution < 1.29 is 23.9 Å². The Bertz CT molecular complexity index is 675. The van der Waals surface area contributed by atoms with Gasteiger partial charge in [-0.05, 0) is 49.8 Å². The fourth-order valence-corrected chi connectivity index (χ4v) is 3.32. The summed E-state index contributed by atoms with van der Waals surface area (Å²) in [6.07, 6.45) is 12.4. The smallest absolute Gasteiger partial charge is 0.324 e. The number of hydrogen-bond donors (Lipinski definition) is 0. The summed E-state index contributed by atoms with van der Waals surface area (Å²) in [5.41, 5.74) is 1.85. The Morgan fingerprint density at radius 2 is 1.74 bits per heavy atom. The monoisotopic (exact) mass is 374 g/mol. The van der Waals surface area contributed by atoms with Crippen LogP contribution in [0.3, 0.4) is 0 Å². The van der Waals surface area contributed by atoms with Gasteiger partial charge in [0.25, 0.3) is 0 Å². The molecule has 1 rings (SSSR count). The van der Waals surface area contributed by atoms with E-state index in [-0.39, 0.29) is 17.1 Å². The number of carbonyl (C=O) groups excluding carboxylic acids is 3. The minimum absolute atomic E-state index is 0.129. The normalized spacial score (nSPS) is 20.0. The Balaban J connectivity index is 2.83. The second-order valence-corrected chi connectivity index (χ2v) is 7.46. The van der Waals surface area contributed by atoms with E-state index in [0.717, 1.165) is 12.8 Å². The van der Waals surface area contributed by atoms with Crippen LogP contribution in [0.2, 0.25) is 0 Å². The Morgan fingerprint density at radius 1 is 1.15 bits per heavy atom. The topological polar surface area (TPSA) is 69.7 Å². The second kappa shape index (κ2) is 10.0. The average molecular weight is 374 g/mol. The minimum atomic E-state index is -1.13. The molecule has 0 saturated heterocycles. The quantitative estimate of drug-likeness (QED) is 0.222. The van der Waals surface area contributed by atoms with Gasteiger partial charge in [0.15, 0.2) is 11.7 Å².